The van der Waals surface area contributed by atoms with Gasteiger partial charge in [0.15, 0.2) is 11.5 Å². The Bertz CT molecular complexity index is 4210. The lowest BCUT2D eigenvalue weighted by Crippen LogP contribution is -2.56. The number of fused-ring (bicyclic) bond motifs is 13. The molecule has 1 aliphatic rings. The van der Waals surface area contributed by atoms with E-state index in [0.29, 0.717) is 22.9 Å². The first-order chi connectivity index (χ1) is 34.2. The first-order valence-electron chi connectivity index (χ1n) is 23.3. The molecule has 0 radical (unpaired) electrons. The van der Waals surface area contributed by atoms with Gasteiger partial charge in [-0.3, -0.25) is 9.97 Å². The average Bonchev–Trinajstić information content (AvgIpc) is 4.09. The van der Waals surface area contributed by atoms with Crippen molar-refractivity contribution in [3.8, 4) is 40.3 Å². The zero-order valence-electron chi connectivity index (χ0n) is 38.6. The number of nitriles is 1. The molecule has 0 bridgehead atoms. The molecule has 0 saturated carbocycles. The smallest absolute Gasteiger partial charge is 0.234 e. The molecule has 0 saturated heterocycles. The maximum absolute atomic E-state index is 11.8. The monoisotopic (exact) mass is 904 g/mol. The first-order valence-corrected chi connectivity index (χ1v) is 23.3. The fraction of sp³-hybridized carbons (Fsp3) is 0.100. The van der Waals surface area contributed by atoms with E-state index in [9.17, 15) is 5.26 Å². The van der Waals surface area contributed by atoms with Crippen LogP contribution in [0.3, 0.4) is 0 Å². The van der Waals surface area contributed by atoms with Gasteiger partial charge in [-0.05, 0) is 100 Å². The molecular weight excluding hydrogens is 865 g/mol. The lowest BCUT2D eigenvalue weighted by Gasteiger charge is -2.47. The largest absolute Gasteiger partial charge is 0.479 e. The van der Waals surface area contributed by atoms with E-state index in [1.54, 1.807) is 12.4 Å². The molecule has 7 aromatic carbocycles. The Kier molecular flexibility index (Phi) is 8.00. The summed E-state index contributed by atoms with van der Waals surface area (Å²) in [4.78, 5) is 13.7. The van der Waals surface area contributed by atoms with Crippen LogP contribution in [0.25, 0.3) is 115 Å². The molecule has 0 fully saturated rings. The quantitative estimate of drug-likeness (QED) is 0.164. The van der Waals surface area contributed by atoms with Crippen LogP contribution in [0.1, 0.15) is 33.3 Å². The van der Waals surface area contributed by atoms with E-state index in [2.05, 4.69) is 160 Å². The maximum Gasteiger partial charge on any atom is 0.234 e. The van der Waals surface area contributed by atoms with E-state index >= 15 is 0 Å². The minimum absolute atomic E-state index is 0.125. The third-order valence-electron chi connectivity index (χ3n) is 14.9. The minimum Gasteiger partial charge on any atom is -0.479 e. The van der Waals surface area contributed by atoms with Crippen LogP contribution in [0.5, 0.6) is 11.5 Å². The number of pyridine rings is 2. The topological polar surface area (TPSA) is 92.1 Å². The average molecular weight is 905 g/mol. The van der Waals surface area contributed by atoms with Gasteiger partial charge in [-0.1, -0.05) is 72.8 Å². The molecule has 10 nitrogen and oxygen atoms in total. The first kappa shape index (κ1) is 39.8. The number of ether oxygens (including phenoxy) is 2. The summed E-state index contributed by atoms with van der Waals surface area (Å²) in [6.45, 7) is 17.2. The van der Waals surface area contributed by atoms with Gasteiger partial charge >= 0.3 is 0 Å². The molecule has 0 atom stereocenters. The van der Waals surface area contributed by atoms with E-state index in [0.717, 1.165) is 98.6 Å². The van der Waals surface area contributed by atoms with E-state index in [1.807, 2.05) is 64.4 Å². The van der Waals surface area contributed by atoms with Gasteiger partial charge in [0.1, 0.15) is 16.9 Å². The van der Waals surface area contributed by atoms with Crippen molar-refractivity contribution >= 4 is 92.9 Å². The standard InChI is InChI=1S/C60H40N8O2/c1-59(2)60(3,4)70-58-56(68-51-31-49-42(29-44(51)40-25-27-64-34-53(40)68)38-21-13-15-23-47(38)66(49)36-18-10-7-11-19-36)54(62-5)45(32-61)55(57(58)69-59)67-50-30-48-41(28-43(50)39-24-26-63-33-52(39)67)37-20-12-14-22-46(37)65(48)35-16-8-6-9-17-35/h6-31,33-34H,1-4H3. The molecule has 1 aliphatic heterocycles. The number of hydrogen-bond donors (Lipinski definition) is 0. The van der Waals surface area contributed by atoms with Gasteiger partial charge in [0.05, 0.1) is 80.4 Å². The van der Waals surface area contributed by atoms with Gasteiger partial charge in [-0.25, -0.2) is 4.85 Å². The second kappa shape index (κ2) is 14.1. The molecule has 0 spiro atoms. The summed E-state index contributed by atoms with van der Waals surface area (Å²) in [5.41, 5.74) is 8.61. The fourth-order valence-electron chi connectivity index (χ4n) is 11.1. The normalized spacial score (nSPS) is 14.1. The third kappa shape index (κ3) is 5.19. The lowest BCUT2D eigenvalue weighted by molar-refractivity contribution is -0.0989. The van der Waals surface area contributed by atoms with Crippen LogP contribution in [0, 0.1) is 17.9 Å². The van der Waals surface area contributed by atoms with E-state index in [-0.39, 0.29) is 11.3 Å². The van der Waals surface area contributed by atoms with Crippen molar-refractivity contribution in [1.82, 2.24) is 28.2 Å². The zero-order valence-corrected chi connectivity index (χ0v) is 38.6. The van der Waals surface area contributed by atoms with Crippen molar-refractivity contribution in [3.05, 3.63) is 187 Å². The Morgan fingerprint density at radius 2 is 0.857 bits per heavy atom. The van der Waals surface area contributed by atoms with Gasteiger partial charge in [-0.2, -0.15) is 5.26 Å². The zero-order chi connectivity index (χ0) is 47.2. The van der Waals surface area contributed by atoms with Crippen molar-refractivity contribution in [3.63, 3.8) is 0 Å². The molecule has 0 amide bonds. The van der Waals surface area contributed by atoms with Gasteiger partial charge in [-0.15, -0.1) is 0 Å². The molecule has 13 aromatic rings. The molecule has 70 heavy (non-hydrogen) atoms. The highest BCUT2D eigenvalue weighted by Gasteiger charge is 2.49. The predicted molar refractivity (Wildman–Crippen MR) is 280 cm³/mol. The molecule has 14 rings (SSSR count). The molecule has 6 aromatic heterocycles. The number of rotatable bonds is 4. The number of aromatic nitrogens is 6. The van der Waals surface area contributed by atoms with Crippen molar-refractivity contribution in [2.45, 2.75) is 38.9 Å². The lowest BCUT2D eigenvalue weighted by atomic mass is 9.87. The van der Waals surface area contributed by atoms with E-state index < -0.39 is 11.2 Å². The summed E-state index contributed by atoms with van der Waals surface area (Å²) in [6.07, 6.45) is 7.26. The summed E-state index contributed by atoms with van der Waals surface area (Å²) >= 11 is 0. The Balaban J connectivity index is 1.15. The summed E-state index contributed by atoms with van der Waals surface area (Å²) in [5, 5.41) is 20.0. The highest BCUT2D eigenvalue weighted by molar-refractivity contribution is 6.21. The van der Waals surface area contributed by atoms with Crippen LogP contribution in [0.2, 0.25) is 0 Å². The molecule has 0 N–H and O–H groups in total. The fourth-order valence-corrected chi connectivity index (χ4v) is 11.1. The van der Waals surface area contributed by atoms with Crippen molar-refractivity contribution in [2.75, 3.05) is 0 Å². The summed E-state index contributed by atoms with van der Waals surface area (Å²) in [6, 6.07) is 53.2. The molecule has 0 unspecified atom stereocenters. The highest BCUT2D eigenvalue weighted by atomic mass is 16.6. The van der Waals surface area contributed by atoms with E-state index in [4.69, 9.17) is 16.0 Å². The maximum atomic E-state index is 11.8. The second-order valence-electron chi connectivity index (χ2n) is 19.1. The summed E-state index contributed by atoms with van der Waals surface area (Å²) in [7, 11) is 0. The number of nitrogens with zero attached hydrogens (tertiary/aromatic N) is 8. The van der Waals surface area contributed by atoms with Gasteiger partial charge in [0, 0.05) is 66.9 Å². The second-order valence-corrected chi connectivity index (χ2v) is 19.1. The Morgan fingerprint density at radius 3 is 1.31 bits per heavy atom. The van der Waals surface area contributed by atoms with Crippen LogP contribution < -0.4 is 9.47 Å². The highest BCUT2D eigenvalue weighted by Crippen LogP contribution is 2.57. The summed E-state index contributed by atoms with van der Waals surface area (Å²) < 4.78 is 23.4. The van der Waals surface area contributed by atoms with Crippen molar-refractivity contribution in [2.24, 2.45) is 0 Å². The van der Waals surface area contributed by atoms with Crippen molar-refractivity contribution in [1.29, 1.82) is 5.26 Å². The number of para-hydroxylation sites is 4. The van der Waals surface area contributed by atoms with Crippen LogP contribution in [-0.2, 0) is 0 Å². The van der Waals surface area contributed by atoms with E-state index in [1.165, 1.54) is 0 Å². The molecule has 10 heteroatoms. The van der Waals surface area contributed by atoms with Gasteiger partial charge < -0.3 is 27.7 Å². The molecular formula is C60H40N8O2. The Hall–Kier alpha value is -9.38. The molecule has 332 valence electrons. The number of benzene rings is 7. The Labute approximate surface area is 400 Å². The van der Waals surface area contributed by atoms with Crippen LogP contribution >= 0.6 is 0 Å². The minimum atomic E-state index is -0.909. The predicted octanol–water partition coefficient (Wildman–Crippen LogP) is 14.6. The van der Waals surface area contributed by atoms with Crippen LogP contribution in [0.15, 0.2) is 170 Å². The Morgan fingerprint density at radius 1 is 0.457 bits per heavy atom. The van der Waals surface area contributed by atoms with Gasteiger partial charge in [0.2, 0.25) is 5.69 Å². The third-order valence-corrected chi connectivity index (χ3v) is 14.9. The van der Waals surface area contributed by atoms with Gasteiger partial charge in [0.25, 0.3) is 0 Å². The molecule has 0 aliphatic carbocycles. The van der Waals surface area contributed by atoms with Crippen LogP contribution in [0.4, 0.5) is 5.69 Å². The van der Waals surface area contributed by atoms with Crippen LogP contribution in [-0.4, -0.2) is 39.4 Å². The van der Waals surface area contributed by atoms with Crippen molar-refractivity contribution < 1.29 is 9.47 Å². The number of hydrogen-bond acceptors (Lipinski definition) is 5. The SMILES string of the molecule is [C-]#[N+]c1c(C#N)c(-n2c3cnccc3c3cc4c5ccccc5n(-c5ccccc5)c4cc32)c2c(c1-n1c3cnccc3c3cc4c5ccccc5n(-c5ccccc5)c4cc31)OC(C)(C)C(C)(C)O2. The summed E-state index contributed by atoms with van der Waals surface area (Å²) in [5.74, 6) is 0.710. The molecule has 7 heterocycles.